The van der Waals surface area contributed by atoms with Gasteiger partial charge in [-0.05, 0) is 24.6 Å². The Balaban J connectivity index is 2.23. The summed E-state index contributed by atoms with van der Waals surface area (Å²) in [5.74, 6) is 0. The second kappa shape index (κ2) is 3.50. The van der Waals surface area contributed by atoms with Gasteiger partial charge in [-0.15, -0.1) is 0 Å². The molecular formula is C10H10ClNO2. The Labute approximate surface area is 87.0 Å². The first-order valence-corrected chi connectivity index (χ1v) is 4.77. The Morgan fingerprint density at radius 3 is 2.50 bits per heavy atom. The number of hydrogen-bond acceptors (Lipinski definition) is 2. The second-order valence-corrected chi connectivity index (χ2v) is 3.75. The topological polar surface area (TPSA) is 38.3 Å². The number of carbonyl (C=O) groups is 1. The molecule has 0 radical (unpaired) electrons. The summed E-state index contributed by atoms with van der Waals surface area (Å²) in [5, 5.41) is 3.37. The van der Waals surface area contributed by atoms with Crippen molar-refractivity contribution in [3.05, 3.63) is 34.9 Å². The van der Waals surface area contributed by atoms with Gasteiger partial charge in [0.15, 0.2) is 0 Å². The minimum Gasteiger partial charge on any atom is -0.439 e. The lowest BCUT2D eigenvalue weighted by Gasteiger charge is -2.12. The number of ether oxygens (including phenoxy) is 1. The Kier molecular flexibility index (Phi) is 2.33. The number of nitrogens with one attached hydrogen (secondary N) is 1. The van der Waals surface area contributed by atoms with Crippen molar-refractivity contribution in [2.75, 3.05) is 0 Å². The molecule has 1 N–H and O–H groups in total. The molecule has 1 fully saturated rings. The highest BCUT2D eigenvalue weighted by atomic mass is 35.5. The monoisotopic (exact) mass is 211 g/mol. The van der Waals surface area contributed by atoms with Crippen LogP contribution in [-0.4, -0.2) is 12.1 Å². The Morgan fingerprint density at radius 1 is 1.36 bits per heavy atom. The van der Waals surface area contributed by atoms with Crippen LogP contribution in [0.1, 0.15) is 18.6 Å². The summed E-state index contributed by atoms with van der Waals surface area (Å²) in [4.78, 5) is 10.9. The van der Waals surface area contributed by atoms with Gasteiger partial charge in [-0.25, -0.2) is 4.79 Å². The van der Waals surface area contributed by atoms with Crippen LogP contribution in [0, 0.1) is 0 Å². The fourth-order valence-electron chi connectivity index (χ4n) is 1.52. The van der Waals surface area contributed by atoms with Gasteiger partial charge in [0, 0.05) is 5.02 Å². The summed E-state index contributed by atoms with van der Waals surface area (Å²) in [6.45, 7) is 1.91. The van der Waals surface area contributed by atoms with E-state index in [4.69, 9.17) is 16.3 Å². The molecular weight excluding hydrogens is 202 g/mol. The van der Waals surface area contributed by atoms with Crippen LogP contribution in [0.25, 0.3) is 0 Å². The summed E-state index contributed by atoms with van der Waals surface area (Å²) in [7, 11) is 0. The number of cyclic esters (lactones) is 1. The van der Waals surface area contributed by atoms with Crippen molar-refractivity contribution in [3.8, 4) is 0 Å². The fourth-order valence-corrected chi connectivity index (χ4v) is 1.65. The lowest BCUT2D eigenvalue weighted by molar-refractivity contribution is 0.134. The highest BCUT2D eigenvalue weighted by molar-refractivity contribution is 6.30. The second-order valence-electron chi connectivity index (χ2n) is 3.31. The summed E-state index contributed by atoms with van der Waals surface area (Å²) in [6.07, 6.45) is -0.572. The first-order valence-electron chi connectivity index (χ1n) is 4.39. The smallest absolute Gasteiger partial charge is 0.408 e. The Morgan fingerprint density at radius 2 is 2.00 bits per heavy atom. The van der Waals surface area contributed by atoms with Crippen molar-refractivity contribution in [1.29, 1.82) is 0 Å². The molecule has 0 spiro atoms. The van der Waals surface area contributed by atoms with E-state index in [0.717, 1.165) is 5.56 Å². The molecule has 1 aromatic carbocycles. The molecule has 1 heterocycles. The van der Waals surface area contributed by atoms with Crippen LogP contribution in [0.4, 0.5) is 4.79 Å². The third-order valence-corrected chi connectivity index (χ3v) is 2.48. The molecule has 74 valence electrons. The summed E-state index contributed by atoms with van der Waals surface area (Å²) < 4.78 is 5.11. The van der Waals surface area contributed by atoms with Gasteiger partial charge >= 0.3 is 6.09 Å². The van der Waals surface area contributed by atoms with E-state index in [-0.39, 0.29) is 18.2 Å². The predicted octanol–water partition coefficient (Wildman–Crippen LogP) is 2.51. The zero-order valence-electron chi connectivity index (χ0n) is 7.66. The Hall–Kier alpha value is -1.22. The lowest BCUT2D eigenvalue weighted by atomic mass is 10.0. The Bertz CT molecular complexity index is 350. The van der Waals surface area contributed by atoms with Crippen LogP contribution in [0.5, 0.6) is 0 Å². The van der Waals surface area contributed by atoms with Gasteiger partial charge in [-0.3, -0.25) is 0 Å². The number of benzene rings is 1. The average Bonchev–Trinajstić information content (AvgIpc) is 2.47. The van der Waals surface area contributed by atoms with Gasteiger partial charge < -0.3 is 10.1 Å². The van der Waals surface area contributed by atoms with E-state index in [1.165, 1.54) is 0 Å². The van der Waals surface area contributed by atoms with Crippen LogP contribution in [0.2, 0.25) is 5.02 Å². The average molecular weight is 212 g/mol. The largest absolute Gasteiger partial charge is 0.439 e. The van der Waals surface area contributed by atoms with E-state index < -0.39 is 0 Å². The van der Waals surface area contributed by atoms with Gasteiger partial charge in [0.2, 0.25) is 0 Å². The maximum absolute atomic E-state index is 10.9. The number of halogens is 1. The third kappa shape index (κ3) is 1.68. The van der Waals surface area contributed by atoms with Crippen LogP contribution in [0.15, 0.2) is 24.3 Å². The van der Waals surface area contributed by atoms with Crippen molar-refractivity contribution in [2.24, 2.45) is 0 Å². The molecule has 2 atom stereocenters. The van der Waals surface area contributed by atoms with Gasteiger partial charge in [0.25, 0.3) is 0 Å². The van der Waals surface area contributed by atoms with E-state index >= 15 is 0 Å². The van der Waals surface area contributed by atoms with Crippen LogP contribution >= 0.6 is 11.6 Å². The van der Waals surface area contributed by atoms with Crippen LogP contribution in [-0.2, 0) is 4.74 Å². The molecule has 1 aliphatic rings. The quantitative estimate of drug-likeness (QED) is 0.775. The molecule has 0 bridgehead atoms. The van der Waals surface area contributed by atoms with E-state index in [1.54, 1.807) is 12.1 Å². The third-order valence-electron chi connectivity index (χ3n) is 2.23. The minimum atomic E-state index is -0.363. The molecule has 4 heteroatoms. The summed E-state index contributed by atoms with van der Waals surface area (Å²) >= 11 is 5.76. The maximum Gasteiger partial charge on any atom is 0.408 e. The van der Waals surface area contributed by atoms with E-state index in [9.17, 15) is 4.79 Å². The molecule has 0 saturated carbocycles. The highest BCUT2D eigenvalue weighted by Gasteiger charge is 2.31. The first-order chi connectivity index (χ1) is 6.66. The van der Waals surface area contributed by atoms with Crippen LogP contribution in [0.3, 0.4) is 0 Å². The molecule has 0 aromatic heterocycles. The number of alkyl carbamates (subject to hydrolysis) is 1. The zero-order valence-corrected chi connectivity index (χ0v) is 8.41. The van der Waals surface area contributed by atoms with Gasteiger partial charge in [-0.2, -0.15) is 0 Å². The normalized spacial score (nSPS) is 25.7. The van der Waals surface area contributed by atoms with Crippen molar-refractivity contribution < 1.29 is 9.53 Å². The molecule has 1 aromatic rings. The van der Waals surface area contributed by atoms with Gasteiger partial charge in [0.05, 0.1) is 6.04 Å². The molecule has 2 rings (SSSR count). The first kappa shape index (κ1) is 9.34. The number of rotatable bonds is 1. The number of hydrogen-bond donors (Lipinski definition) is 1. The fraction of sp³-hybridized carbons (Fsp3) is 0.300. The molecule has 1 aliphatic heterocycles. The van der Waals surface area contributed by atoms with Gasteiger partial charge in [-0.1, -0.05) is 23.7 Å². The molecule has 14 heavy (non-hydrogen) atoms. The maximum atomic E-state index is 10.9. The predicted molar refractivity (Wildman–Crippen MR) is 53.3 cm³/mol. The molecule has 1 amide bonds. The van der Waals surface area contributed by atoms with Crippen molar-refractivity contribution in [1.82, 2.24) is 5.32 Å². The summed E-state index contributed by atoms with van der Waals surface area (Å²) in [5.41, 5.74) is 0.959. The van der Waals surface area contributed by atoms with Gasteiger partial charge in [0.1, 0.15) is 6.10 Å². The van der Waals surface area contributed by atoms with Crippen molar-refractivity contribution in [2.45, 2.75) is 19.1 Å². The highest BCUT2D eigenvalue weighted by Crippen LogP contribution is 2.26. The van der Waals surface area contributed by atoms with Crippen LogP contribution < -0.4 is 5.32 Å². The standard InChI is InChI=1S/C10H10ClNO2/c1-6-9(14-10(13)12-6)7-2-4-8(11)5-3-7/h2-6,9H,1H3,(H,12,13)/t6-,9+/m1/s1. The zero-order chi connectivity index (χ0) is 10.1. The van der Waals surface area contributed by atoms with E-state index in [1.807, 2.05) is 19.1 Å². The van der Waals surface area contributed by atoms with Crippen molar-refractivity contribution >= 4 is 17.7 Å². The molecule has 0 unspecified atom stereocenters. The van der Waals surface area contributed by atoms with Crippen molar-refractivity contribution in [3.63, 3.8) is 0 Å². The number of amides is 1. The molecule has 1 saturated heterocycles. The van der Waals surface area contributed by atoms with E-state index in [0.29, 0.717) is 5.02 Å². The number of carbonyl (C=O) groups excluding carboxylic acids is 1. The molecule has 0 aliphatic carbocycles. The minimum absolute atomic E-state index is 0.00340. The summed E-state index contributed by atoms with van der Waals surface area (Å²) in [6, 6.07) is 7.31. The molecule has 3 nitrogen and oxygen atoms in total. The lowest BCUT2D eigenvalue weighted by Crippen LogP contribution is -2.23. The SMILES string of the molecule is C[C@H]1NC(=O)O[C@@H]1c1ccc(Cl)cc1. The van der Waals surface area contributed by atoms with E-state index in [2.05, 4.69) is 5.32 Å².